The molecule has 0 spiro atoms. The molecule has 0 radical (unpaired) electrons. The molecule has 0 aliphatic carbocycles. The molecule has 0 bridgehead atoms. The van der Waals surface area contributed by atoms with Gasteiger partial charge in [0.25, 0.3) is 0 Å². The molecule has 9 nitrogen and oxygen atoms in total. The first-order chi connectivity index (χ1) is 19.5. The Morgan fingerprint density at radius 1 is 1.10 bits per heavy atom. The van der Waals surface area contributed by atoms with Crippen LogP contribution in [-0.2, 0) is 9.59 Å². The standard InChI is InChI=1S/C28H36N6O3.C4H10/c1-8-30-28(27(21(3)29)33(6)23-15-14-20(2)25(18-23)37-7)34(19-35)24-12-9-11-22(17-24)31-26(36)13-10-16-32(4)5;1-3-4-2/h8-15,17-19H,1,16,29H2,2-7H3,(H,31,36);3-4H2,1-2H3/b13-10+,27-21-,30-28?;. The largest absolute Gasteiger partial charge is 0.496 e. The van der Waals surface area contributed by atoms with Gasteiger partial charge in [-0.3, -0.25) is 14.5 Å². The van der Waals surface area contributed by atoms with Gasteiger partial charge in [0.1, 0.15) is 11.4 Å². The van der Waals surface area contributed by atoms with Crippen molar-refractivity contribution in [2.75, 3.05) is 49.9 Å². The summed E-state index contributed by atoms with van der Waals surface area (Å²) in [5, 5.41) is 2.82. The Kier molecular flexibility index (Phi) is 15.3. The zero-order chi connectivity index (χ0) is 30.9. The van der Waals surface area contributed by atoms with Crippen molar-refractivity contribution in [3.05, 3.63) is 84.4 Å². The molecule has 0 aliphatic rings. The lowest BCUT2D eigenvalue weighted by Gasteiger charge is -2.30. The number of nitrogens with two attached hydrogens (primary N) is 1. The molecule has 2 aromatic carbocycles. The van der Waals surface area contributed by atoms with Crippen molar-refractivity contribution in [3.63, 3.8) is 0 Å². The Hall–Kier alpha value is -4.37. The number of amidine groups is 1. The van der Waals surface area contributed by atoms with Crippen LogP contribution in [0.5, 0.6) is 5.75 Å². The minimum absolute atomic E-state index is 0.265. The van der Waals surface area contributed by atoms with Crippen LogP contribution in [0.3, 0.4) is 0 Å². The van der Waals surface area contributed by atoms with Gasteiger partial charge >= 0.3 is 0 Å². The van der Waals surface area contributed by atoms with Gasteiger partial charge in [-0.2, -0.15) is 0 Å². The number of carbonyl (C=O) groups excluding carboxylic acids is 2. The minimum Gasteiger partial charge on any atom is -0.496 e. The van der Waals surface area contributed by atoms with Crippen molar-refractivity contribution in [1.82, 2.24) is 4.90 Å². The van der Waals surface area contributed by atoms with Gasteiger partial charge in [-0.05, 0) is 57.8 Å². The molecule has 0 saturated carbocycles. The fourth-order valence-corrected chi connectivity index (χ4v) is 3.58. The van der Waals surface area contributed by atoms with Crippen molar-refractivity contribution in [2.45, 2.75) is 40.5 Å². The second-order valence-corrected chi connectivity index (χ2v) is 9.56. The number of unbranched alkanes of at least 4 members (excludes halogenated alkanes) is 1. The van der Waals surface area contributed by atoms with E-state index in [0.717, 1.165) is 17.0 Å². The van der Waals surface area contributed by atoms with Gasteiger partial charge in [-0.1, -0.05) is 51.5 Å². The maximum absolute atomic E-state index is 12.4. The van der Waals surface area contributed by atoms with Crippen molar-refractivity contribution in [1.29, 1.82) is 0 Å². The number of aryl methyl sites for hydroxylation is 1. The Bertz CT molecular complexity index is 1240. The summed E-state index contributed by atoms with van der Waals surface area (Å²) in [6.07, 6.45) is 7.87. The number of hydrogen-bond donors (Lipinski definition) is 2. The Morgan fingerprint density at radius 3 is 2.32 bits per heavy atom. The highest BCUT2D eigenvalue weighted by molar-refractivity contribution is 6.20. The summed E-state index contributed by atoms with van der Waals surface area (Å²) in [6, 6.07) is 12.7. The van der Waals surface area contributed by atoms with Crippen LogP contribution >= 0.6 is 0 Å². The SMILES string of the molecule is C=CN=C(/C(=C(\C)N)N(C)c1ccc(C)c(OC)c1)N(C=O)c1cccc(NC(=O)/C=C/CN(C)C)c1.CCCC. The van der Waals surface area contributed by atoms with Gasteiger partial charge in [0, 0.05) is 49.0 Å². The summed E-state index contributed by atoms with van der Waals surface area (Å²) < 4.78 is 5.47. The predicted octanol–water partition coefficient (Wildman–Crippen LogP) is 5.70. The van der Waals surface area contributed by atoms with Crippen molar-refractivity contribution >= 4 is 35.2 Å². The molecule has 2 aromatic rings. The topological polar surface area (TPSA) is 103 Å². The first kappa shape index (κ1) is 34.7. The van der Waals surface area contributed by atoms with Crippen molar-refractivity contribution < 1.29 is 14.3 Å². The maximum atomic E-state index is 12.4. The Labute approximate surface area is 245 Å². The van der Waals surface area contributed by atoms with Crippen LogP contribution < -0.4 is 25.6 Å². The fourth-order valence-electron chi connectivity index (χ4n) is 3.58. The quantitative estimate of drug-likeness (QED) is 0.149. The number of hydrogen-bond acceptors (Lipinski definition) is 7. The monoisotopic (exact) mass is 562 g/mol. The summed E-state index contributed by atoms with van der Waals surface area (Å²) in [5.41, 5.74) is 10.0. The fraction of sp³-hybridized carbons (Fsp3) is 0.344. The van der Waals surface area contributed by atoms with E-state index in [-0.39, 0.29) is 11.7 Å². The van der Waals surface area contributed by atoms with E-state index >= 15 is 0 Å². The minimum atomic E-state index is -0.275. The van der Waals surface area contributed by atoms with Crippen LogP contribution in [0.1, 0.15) is 39.2 Å². The van der Waals surface area contributed by atoms with Crippen LogP contribution in [0, 0.1) is 6.92 Å². The number of carbonyl (C=O) groups is 2. The summed E-state index contributed by atoms with van der Waals surface area (Å²) in [7, 11) is 7.27. The lowest BCUT2D eigenvalue weighted by Crippen LogP contribution is -2.38. The third kappa shape index (κ3) is 11.0. The number of nitrogens with zero attached hydrogens (tertiary/aromatic N) is 4. The summed E-state index contributed by atoms with van der Waals surface area (Å²) in [4.78, 5) is 34.3. The van der Waals surface area contributed by atoms with E-state index in [1.807, 2.05) is 56.1 Å². The van der Waals surface area contributed by atoms with Gasteiger partial charge in [-0.25, -0.2) is 4.99 Å². The number of likely N-dealkylation sites (N-methyl/N-ethyl adjacent to an activating group) is 2. The molecule has 0 fully saturated rings. The van der Waals surface area contributed by atoms with E-state index in [9.17, 15) is 9.59 Å². The molecular formula is C32H46N6O3. The molecule has 3 N–H and O–H groups in total. The summed E-state index contributed by atoms with van der Waals surface area (Å²) in [6.45, 7) is 12.4. The highest BCUT2D eigenvalue weighted by Gasteiger charge is 2.24. The highest BCUT2D eigenvalue weighted by Crippen LogP contribution is 2.29. The average Bonchev–Trinajstić information content (AvgIpc) is 2.93. The summed E-state index contributed by atoms with van der Waals surface area (Å²) in [5.74, 6) is 0.709. The van der Waals surface area contributed by atoms with E-state index in [4.69, 9.17) is 10.5 Å². The molecule has 41 heavy (non-hydrogen) atoms. The Morgan fingerprint density at radius 2 is 1.78 bits per heavy atom. The number of anilines is 3. The normalized spacial score (nSPS) is 11.8. The van der Waals surface area contributed by atoms with Crippen molar-refractivity contribution in [2.24, 2.45) is 10.7 Å². The lowest BCUT2D eigenvalue weighted by atomic mass is 10.1. The molecule has 0 heterocycles. The predicted molar refractivity (Wildman–Crippen MR) is 173 cm³/mol. The smallest absolute Gasteiger partial charge is 0.248 e. The first-order valence-electron chi connectivity index (χ1n) is 13.5. The molecule has 2 rings (SSSR count). The second kappa shape index (κ2) is 18.1. The van der Waals surface area contributed by atoms with E-state index < -0.39 is 0 Å². The second-order valence-electron chi connectivity index (χ2n) is 9.56. The zero-order valence-electron chi connectivity index (χ0n) is 25.8. The van der Waals surface area contributed by atoms with E-state index in [2.05, 4.69) is 30.7 Å². The number of nitrogens with one attached hydrogen (secondary N) is 1. The van der Waals surface area contributed by atoms with Gasteiger partial charge in [0.2, 0.25) is 12.3 Å². The van der Waals surface area contributed by atoms with Crippen LogP contribution in [0.2, 0.25) is 0 Å². The number of ether oxygens (including phenoxy) is 1. The molecule has 2 amide bonds. The first-order valence-corrected chi connectivity index (χ1v) is 13.5. The molecule has 0 saturated heterocycles. The number of benzene rings is 2. The van der Waals surface area contributed by atoms with Crippen LogP contribution in [-0.4, -0.2) is 57.9 Å². The molecule has 0 aromatic heterocycles. The Balaban J connectivity index is 0.00000196. The number of methoxy groups -OCH3 is 1. The highest BCUT2D eigenvalue weighted by atomic mass is 16.5. The molecular weight excluding hydrogens is 516 g/mol. The van der Waals surface area contributed by atoms with Crippen LogP contribution in [0.25, 0.3) is 0 Å². The average molecular weight is 563 g/mol. The zero-order valence-corrected chi connectivity index (χ0v) is 25.8. The van der Waals surface area contributed by atoms with E-state index in [0.29, 0.717) is 35.7 Å². The van der Waals surface area contributed by atoms with Crippen LogP contribution in [0.15, 0.2) is 83.8 Å². The summed E-state index contributed by atoms with van der Waals surface area (Å²) >= 11 is 0. The van der Waals surface area contributed by atoms with Gasteiger partial charge in [-0.15, -0.1) is 0 Å². The third-order valence-electron chi connectivity index (χ3n) is 5.88. The van der Waals surface area contributed by atoms with E-state index in [1.165, 1.54) is 30.0 Å². The van der Waals surface area contributed by atoms with Gasteiger partial charge in [0.15, 0.2) is 5.84 Å². The molecule has 9 heteroatoms. The molecule has 222 valence electrons. The molecule has 0 unspecified atom stereocenters. The van der Waals surface area contributed by atoms with Gasteiger partial charge in [0.05, 0.1) is 12.8 Å². The number of aliphatic imine (C=N–C) groups is 1. The van der Waals surface area contributed by atoms with Crippen molar-refractivity contribution in [3.8, 4) is 5.75 Å². The number of amides is 2. The maximum Gasteiger partial charge on any atom is 0.248 e. The molecule has 0 atom stereocenters. The van der Waals surface area contributed by atoms with Crippen LogP contribution in [0.4, 0.5) is 17.1 Å². The lowest BCUT2D eigenvalue weighted by molar-refractivity contribution is -0.112. The molecule has 0 aliphatic heterocycles. The van der Waals surface area contributed by atoms with E-state index in [1.54, 1.807) is 44.4 Å². The number of allylic oxidation sites excluding steroid dienone is 1. The number of rotatable bonds is 12. The third-order valence-corrected chi connectivity index (χ3v) is 5.88. The van der Waals surface area contributed by atoms with Gasteiger partial charge < -0.3 is 25.6 Å².